The number of fused-ring (bicyclic) bond motifs is 1. The summed E-state index contributed by atoms with van der Waals surface area (Å²) in [4.78, 5) is 38.9. The van der Waals surface area contributed by atoms with Gasteiger partial charge in [-0.2, -0.15) is 0 Å². The Labute approximate surface area is 156 Å². The smallest absolute Gasteiger partial charge is 0.262 e. The molecule has 6 heteroatoms. The van der Waals surface area contributed by atoms with Crippen molar-refractivity contribution in [2.24, 2.45) is 0 Å². The number of carbonyl (C=O) groups excluding carboxylic acids is 3. The number of nitrogens with zero attached hydrogens (tertiary/aromatic N) is 1. The van der Waals surface area contributed by atoms with Crippen molar-refractivity contribution in [3.8, 4) is 0 Å². The summed E-state index contributed by atoms with van der Waals surface area (Å²) >= 11 is 1.64. The lowest BCUT2D eigenvalue weighted by atomic mass is 10.1. The quantitative estimate of drug-likeness (QED) is 0.484. The SMILES string of the molecule is Cc1ccc(SCCNC(=O)CN2C(=O)c3ccc(C)cc3C2=O)cc1. The van der Waals surface area contributed by atoms with Crippen molar-refractivity contribution in [3.63, 3.8) is 0 Å². The summed E-state index contributed by atoms with van der Waals surface area (Å²) in [7, 11) is 0. The molecule has 0 spiro atoms. The number of hydrogen-bond acceptors (Lipinski definition) is 4. The Morgan fingerprint density at radius 3 is 2.35 bits per heavy atom. The van der Waals surface area contributed by atoms with Crippen LogP contribution >= 0.6 is 11.8 Å². The lowest BCUT2D eigenvalue weighted by molar-refractivity contribution is -0.121. The van der Waals surface area contributed by atoms with Gasteiger partial charge in [0.25, 0.3) is 11.8 Å². The van der Waals surface area contributed by atoms with Crippen molar-refractivity contribution in [1.82, 2.24) is 10.2 Å². The Hall–Kier alpha value is -2.60. The number of hydrogen-bond donors (Lipinski definition) is 1. The van der Waals surface area contributed by atoms with E-state index < -0.39 is 11.8 Å². The molecule has 0 radical (unpaired) electrons. The van der Waals surface area contributed by atoms with Gasteiger partial charge in [0.05, 0.1) is 11.1 Å². The molecular formula is C20H20N2O3S. The minimum Gasteiger partial charge on any atom is -0.354 e. The molecule has 0 fully saturated rings. The number of carbonyl (C=O) groups is 3. The van der Waals surface area contributed by atoms with E-state index in [1.165, 1.54) is 5.56 Å². The summed E-state index contributed by atoms with van der Waals surface area (Å²) < 4.78 is 0. The highest BCUT2D eigenvalue weighted by Crippen LogP contribution is 2.23. The predicted octanol–water partition coefficient (Wildman–Crippen LogP) is 2.81. The van der Waals surface area contributed by atoms with Crippen LogP contribution in [0.25, 0.3) is 0 Å². The first kappa shape index (κ1) is 18.2. The number of nitrogens with one attached hydrogen (secondary N) is 1. The average Bonchev–Trinajstić information content (AvgIpc) is 2.85. The Balaban J connectivity index is 1.49. The molecule has 26 heavy (non-hydrogen) atoms. The summed E-state index contributed by atoms with van der Waals surface area (Å²) in [6.07, 6.45) is 0. The normalized spacial score (nSPS) is 13.1. The summed E-state index contributed by atoms with van der Waals surface area (Å²) in [6, 6.07) is 13.3. The molecule has 5 nitrogen and oxygen atoms in total. The largest absolute Gasteiger partial charge is 0.354 e. The van der Waals surface area contributed by atoms with Gasteiger partial charge in [-0.05, 0) is 38.1 Å². The second kappa shape index (κ2) is 7.74. The van der Waals surface area contributed by atoms with Gasteiger partial charge in [0.2, 0.25) is 5.91 Å². The van der Waals surface area contributed by atoms with E-state index in [9.17, 15) is 14.4 Å². The van der Waals surface area contributed by atoms with Crippen molar-refractivity contribution in [2.45, 2.75) is 18.7 Å². The van der Waals surface area contributed by atoms with E-state index in [0.717, 1.165) is 21.1 Å². The van der Waals surface area contributed by atoms with Gasteiger partial charge in [0, 0.05) is 17.2 Å². The molecule has 0 aliphatic carbocycles. The molecule has 1 N–H and O–H groups in total. The van der Waals surface area contributed by atoms with Crippen LogP contribution in [0.5, 0.6) is 0 Å². The van der Waals surface area contributed by atoms with E-state index in [1.807, 2.05) is 38.1 Å². The minimum absolute atomic E-state index is 0.249. The van der Waals surface area contributed by atoms with Crippen LogP contribution < -0.4 is 5.32 Å². The number of rotatable bonds is 6. The number of aryl methyl sites for hydroxylation is 2. The first-order valence-electron chi connectivity index (χ1n) is 8.39. The van der Waals surface area contributed by atoms with Gasteiger partial charge >= 0.3 is 0 Å². The zero-order valence-electron chi connectivity index (χ0n) is 14.7. The molecule has 2 aromatic carbocycles. The van der Waals surface area contributed by atoms with Crippen LogP contribution in [0.15, 0.2) is 47.4 Å². The number of amides is 3. The number of benzene rings is 2. The molecule has 3 amide bonds. The molecule has 0 unspecified atom stereocenters. The van der Waals surface area contributed by atoms with Crippen LogP contribution in [-0.4, -0.2) is 41.5 Å². The summed E-state index contributed by atoms with van der Waals surface area (Å²) in [5.41, 5.74) is 2.85. The zero-order chi connectivity index (χ0) is 18.7. The van der Waals surface area contributed by atoms with Gasteiger partial charge in [0.1, 0.15) is 6.54 Å². The fraction of sp³-hybridized carbons (Fsp3) is 0.250. The molecule has 134 valence electrons. The van der Waals surface area contributed by atoms with Crippen molar-refractivity contribution < 1.29 is 14.4 Å². The molecule has 1 aliphatic rings. The van der Waals surface area contributed by atoms with Crippen molar-refractivity contribution in [2.75, 3.05) is 18.8 Å². The van der Waals surface area contributed by atoms with Crippen LogP contribution in [0, 0.1) is 13.8 Å². The average molecular weight is 368 g/mol. The second-order valence-electron chi connectivity index (χ2n) is 6.26. The van der Waals surface area contributed by atoms with Crippen molar-refractivity contribution >= 4 is 29.5 Å². The predicted molar refractivity (Wildman–Crippen MR) is 101 cm³/mol. The standard InChI is InChI=1S/C20H20N2O3S/c1-13-3-6-15(7-4-13)26-10-9-21-18(23)12-22-19(24)16-8-5-14(2)11-17(16)20(22)25/h3-8,11H,9-10,12H2,1-2H3,(H,21,23). The maximum Gasteiger partial charge on any atom is 0.262 e. The molecule has 0 bridgehead atoms. The maximum absolute atomic E-state index is 12.4. The fourth-order valence-corrected chi connectivity index (χ4v) is 3.51. The summed E-state index contributed by atoms with van der Waals surface area (Å²) in [6.45, 7) is 4.12. The van der Waals surface area contributed by atoms with Crippen molar-refractivity contribution in [1.29, 1.82) is 0 Å². The van der Waals surface area contributed by atoms with Crippen molar-refractivity contribution in [3.05, 3.63) is 64.7 Å². The second-order valence-corrected chi connectivity index (χ2v) is 7.43. The van der Waals surface area contributed by atoms with Gasteiger partial charge in [-0.3, -0.25) is 19.3 Å². The number of imide groups is 1. The minimum atomic E-state index is -0.408. The highest BCUT2D eigenvalue weighted by atomic mass is 32.2. The molecule has 0 atom stereocenters. The molecule has 0 saturated carbocycles. The molecule has 1 heterocycles. The zero-order valence-corrected chi connectivity index (χ0v) is 15.6. The lowest BCUT2D eigenvalue weighted by Crippen LogP contribution is -2.40. The van der Waals surface area contributed by atoms with Crippen LogP contribution in [0.3, 0.4) is 0 Å². The molecule has 1 aliphatic heterocycles. The Morgan fingerprint density at radius 2 is 1.62 bits per heavy atom. The molecule has 2 aromatic rings. The Bertz CT molecular complexity index is 862. The monoisotopic (exact) mass is 368 g/mol. The van der Waals surface area contributed by atoms with E-state index in [2.05, 4.69) is 5.32 Å². The molecule has 0 aromatic heterocycles. The van der Waals surface area contributed by atoms with E-state index in [0.29, 0.717) is 17.7 Å². The van der Waals surface area contributed by atoms with Gasteiger partial charge in [-0.25, -0.2) is 0 Å². The Kier molecular flexibility index (Phi) is 5.42. The fourth-order valence-electron chi connectivity index (χ4n) is 2.74. The van der Waals surface area contributed by atoms with Gasteiger partial charge < -0.3 is 5.32 Å². The first-order valence-corrected chi connectivity index (χ1v) is 9.37. The molecule has 0 saturated heterocycles. The van der Waals surface area contributed by atoms with E-state index >= 15 is 0 Å². The van der Waals surface area contributed by atoms with E-state index in [4.69, 9.17) is 0 Å². The van der Waals surface area contributed by atoms with Crippen LogP contribution in [0.2, 0.25) is 0 Å². The highest BCUT2D eigenvalue weighted by Gasteiger charge is 2.36. The lowest BCUT2D eigenvalue weighted by Gasteiger charge is -2.13. The van der Waals surface area contributed by atoms with Crippen LogP contribution in [-0.2, 0) is 4.79 Å². The summed E-state index contributed by atoms with van der Waals surface area (Å²) in [5, 5.41) is 2.76. The third kappa shape index (κ3) is 3.96. The Morgan fingerprint density at radius 1 is 0.962 bits per heavy atom. The number of thioether (sulfide) groups is 1. The first-order chi connectivity index (χ1) is 12.5. The highest BCUT2D eigenvalue weighted by molar-refractivity contribution is 7.99. The maximum atomic E-state index is 12.4. The topological polar surface area (TPSA) is 66.5 Å². The molecular weight excluding hydrogens is 348 g/mol. The van der Waals surface area contributed by atoms with Gasteiger partial charge in [-0.1, -0.05) is 29.3 Å². The molecule has 3 rings (SSSR count). The van der Waals surface area contributed by atoms with Gasteiger partial charge in [-0.15, -0.1) is 11.8 Å². The summed E-state index contributed by atoms with van der Waals surface area (Å²) in [5.74, 6) is -0.427. The van der Waals surface area contributed by atoms with E-state index in [-0.39, 0.29) is 12.5 Å². The van der Waals surface area contributed by atoms with Crippen LogP contribution in [0.4, 0.5) is 0 Å². The third-order valence-electron chi connectivity index (χ3n) is 4.14. The van der Waals surface area contributed by atoms with Crippen LogP contribution in [0.1, 0.15) is 31.8 Å². The van der Waals surface area contributed by atoms with E-state index in [1.54, 1.807) is 30.0 Å². The third-order valence-corrected chi connectivity index (χ3v) is 5.16. The van der Waals surface area contributed by atoms with Gasteiger partial charge in [0.15, 0.2) is 0 Å².